The van der Waals surface area contributed by atoms with Crippen molar-refractivity contribution in [1.29, 1.82) is 0 Å². The van der Waals surface area contributed by atoms with Gasteiger partial charge < -0.3 is 15.3 Å². The second kappa shape index (κ2) is 8.15. The van der Waals surface area contributed by atoms with E-state index in [1.807, 2.05) is 59.5 Å². The maximum atomic E-state index is 13.8. The molecule has 2 aliphatic rings. The van der Waals surface area contributed by atoms with Gasteiger partial charge in [0.15, 0.2) is 0 Å². The van der Waals surface area contributed by atoms with Gasteiger partial charge in [-0.05, 0) is 54.3 Å². The smallest absolute Gasteiger partial charge is 0.254 e. The van der Waals surface area contributed by atoms with Crippen LogP contribution in [0.15, 0.2) is 78.9 Å². The summed E-state index contributed by atoms with van der Waals surface area (Å²) in [6.45, 7) is 0.483. The summed E-state index contributed by atoms with van der Waals surface area (Å²) in [6.07, 6.45) is 3.58. The van der Waals surface area contributed by atoms with Crippen LogP contribution in [-0.2, 0) is 11.3 Å². The standard InChI is InChI=1S/C27H26N2O3/c30-21-14-12-20(13-15-21)28-25(31)24-22-10-4-5-11-23(22)26(32)29(27(24)16-6-7-17-27)18-19-8-2-1-3-9-19/h1-5,8-15,24,30H,6-7,16-18H2,(H,28,31). The molecule has 1 fully saturated rings. The minimum Gasteiger partial charge on any atom is -0.508 e. The van der Waals surface area contributed by atoms with E-state index in [9.17, 15) is 14.7 Å². The van der Waals surface area contributed by atoms with Crippen LogP contribution in [0.2, 0.25) is 0 Å². The third-order valence-corrected chi connectivity index (χ3v) is 6.87. The molecule has 2 N–H and O–H groups in total. The number of rotatable bonds is 4. The van der Waals surface area contributed by atoms with Gasteiger partial charge in [-0.1, -0.05) is 61.4 Å². The Kier molecular flexibility index (Phi) is 5.17. The van der Waals surface area contributed by atoms with E-state index in [-0.39, 0.29) is 17.6 Å². The summed E-state index contributed by atoms with van der Waals surface area (Å²) in [7, 11) is 0. The van der Waals surface area contributed by atoms with Gasteiger partial charge in [0, 0.05) is 17.8 Å². The van der Waals surface area contributed by atoms with Gasteiger partial charge in [-0.3, -0.25) is 9.59 Å². The largest absolute Gasteiger partial charge is 0.508 e. The van der Waals surface area contributed by atoms with Gasteiger partial charge in [0.05, 0.1) is 11.5 Å². The number of nitrogens with zero attached hydrogens (tertiary/aromatic N) is 1. The van der Waals surface area contributed by atoms with Crippen LogP contribution in [0.5, 0.6) is 5.75 Å². The molecule has 3 aromatic carbocycles. The highest BCUT2D eigenvalue weighted by Crippen LogP contribution is 2.51. The lowest BCUT2D eigenvalue weighted by Gasteiger charge is -2.50. The highest BCUT2D eigenvalue weighted by atomic mass is 16.3. The predicted octanol–water partition coefficient (Wildman–Crippen LogP) is 5.08. The number of hydrogen-bond acceptors (Lipinski definition) is 3. The number of carbonyl (C=O) groups is 2. The van der Waals surface area contributed by atoms with Crippen LogP contribution in [0, 0.1) is 0 Å². The maximum Gasteiger partial charge on any atom is 0.254 e. The number of amides is 2. The molecular formula is C27H26N2O3. The molecule has 162 valence electrons. The molecule has 32 heavy (non-hydrogen) atoms. The third kappa shape index (κ3) is 3.44. The lowest BCUT2D eigenvalue weighted by Crippen LogP contribution is -2.59. The number of phenols is 1. The monoisotopic (exact) mass is 426 g/mol. The number of hydrogen-bond donors (Lipinski definition) is 2. The summed E-state index contributed by atoms with van der Waals surface area (Å²) in [6, 6.07) is 24.0. The first-order valence-electron chi connectivity index (χ1n) is 11.1. The zero-order valence-corrected chi connectivity index (χ0v) is 17.8. The molecule has 1 unspecified atom stereocenters. The summed E-state index contributed by atoms with van der Waals surface area (Å²) < 4.78 is 0. The van der Waals surface area contributed by atoms with E-state index in [1.54, 1.807) is 24.3 Å². The average Bonchev–Trinajstić information content (AvgIpc) is 3.29. The van der Waals surface area contributed by atoms with Gasteiger partial charge in [-0.25, -0.2) is 0 Å². The molecule has 3 aromatic rings. The van der Waals surface area contributed by atoms with Crippen molar-refractivity contribution in [3.63, 3.8) is 0 Å². The van der Waals surface area contributed by atoms with Gasteiger partial charge in [0.2, 0.25) is 5.91 Å². The predicted molar refractivity (Wildman–Crippen MR) is 123 cm³/mol. The number of benzene rings is 3. The topological polar surface area (TPSA) is 69.6 Å². The number of phenolic OH excluding ortho intramolecular Hbond substituents is 1. The summed E-state index contributed by atoms with van der Waals surface area (Å²) in [5.74, 6) is -0.426. The molecule has 1 heterocycles. The van der Waals surface area contributed by atoms with Crippen LogP contribution in [0.25, 0.3) is 0 Å². The van der Waals surface area contributed by atoms with Crippen molar-refractivity contribution in [2.24, 2.45) is 0 Å². The summed E-state index contributed by atoms with van der Waals surface area (Å²) in [5, 5.41) is 12.6. The molecule has 0 radical (unpaired) electrons. The first-order chi connectivity index (χ1) is 15.6. The van der Waals surface area contributed by atoms with Crippen LogP contribution < -0.4 is 5.32 Å². The fourth-order valence-electron chi connectivity index (χ4n) is 5.42. The minimum atomic E-state index is -0.553. The Balaban J connectivity index is 1.59. The van der Waals surface area contributed by atoms with Crippen LogP contribution in [0.3, 0.4) is 0 Å². The van der Waals surface area contributed by atoms with E-state index < -0.39 is 11.5 Å². The molecule has 5 heteroatoms. The lowest BCUT2D eigenvalue weighted by atomic mass is 9.71. The summed E-state index contributed by atoms with van der Waals surface area (Å²) in [4.78, 5) is 29.4. The van der Waals surface area contributed by atoms with E-state index >= 15 is 0 Å². The van der Waals surface area contributed by atoms with Crippen LogP contribution in [0.1, 0.15) is 53.1 Å². The maximum absolute atomic E-state index is 13.8. The molecule has 1 spiro atoms. The van der Waals surface area contributed by atoms with Crippen LogP contribution >= 0.6 is 0 Å². The fraction of sp³-hybridized carbons (Fsp3) is 0.259. The van der Waals surface area contributed by atoms with Crippen LogP contribution in [0.4, 0.5) is 5.69 Å². The number of nitrogens with one attached hydrogen (secondary N) is 1. The molecule has 1 saturated carbocycles. The first kappa shape index (κ1) is 20.3. The Hall–Kier alpha value is -3.60. The second-order valence-electron chi connectivity index (χ2n) is 8.74. The fourth-order valence-corrected chi connectivity index (χ4v) is 5.42. The van der Waals surface area contributed by atoms with Gasteiger partial charge in [0.1, 0.15) is 5.75 Å². The van der Waals surface area contributed by atoms with Crippen molar-refractivity contribution in [2.45, 2.75) is 43.7 Å². The van der Waals surface area contributed by atoms with Crippen molar-refractivity contribution in [3.05, 3.63) is 95.6 Å². The number of aromatic hydroxyl groups is 1. The van der Waals surface area contributed by atoms with E-state index in [0.29, 0.717) is 17.8 Å². The molecule has 1 aliphatic heterocycles. The first-order valence-corrected chi connectivity index (χ1v) is 11.1. The number of fused-ring (bicyclic) bond motifs is 1. The van der Waals surface area contributed by atoms with E-state index in [0.717, 1.165) is 36.8 Å². The van der Waals surface area contributed by atoms with Crippen molar-refractivity contribution in [1.82, 2.24) is 4.90 Å². The van der Waals surface area contributed by atoms with Crippen LogP contribution in [-0.4, -0.2) is 27.4 Å². The minimum absolute atomic E-state index is 0.0000338. The highest BCUT2D eigenvalue weighted by molar-refractivity contribution is 6.05. The van der Waals surface area contributed by atoms with Gasteiger partial charge in [-0.15, -0.1) is 0 Å². The Morgan fingerprint density at radius 3 is 2.31 bits per heavy atom. The molecule has 2 amide bonds. The quantitative estimate of drug-likeness (QED) is 0.572. The van der Waals surface area contributed by atoms with Crippen molar-refractivity contribution >= 4 is 17.5 Å². The summed E-state index contributed by atoms with van der Waals surface area (Å²) in [5.41, 5.74) is 2.54. The Morgan fingerprint density at radius 1 is 0.938 bits per heavy atom. The molecule has 1 aliphatic carbocycles. The Morgan fingerprint density at radius 2 is 1.59 bits per heavy atom. The molecule has 0 saturated heterocycles. The Labute approximate surface area is 187 Å². The zero-order chi connectivity index (χ0) is 22.1. The lowest BCUT2D eigenvalue weighted by molar-refractivity contribution is -0.121. The van der Waals surface area contributed by atoms with Crippen molar-refractivity contribution < 1.29 is 14.7 Å². The van der Waals surface area contributed by atoms with Gasteiger partial charge in [-0.2, -0.15) is 0 Å². The third-order valence-electron chi connectivity index (χ3n) is 6.87. The average molecular weight is 427 g/mol. The molecule has 0 aromatic heterocycles. The summed E-state index contributed by atoms with van der Waals surface area (Å²) >= 11 is 0. The number of carbonyl (C=O) groups excluding carboxylic acids is 2. The highest BCUT2D eigenvalue weighted by Gasteiger charge is 2.55. The van der Waals surface area contributed by atoms with E-state index in [4.69, 9.17) is 0 Å². The molecule has 5 nitrogen and oxygen atoms in total. The molecule has 5 rings (SSSR count). The molecule has 0 bridgehead atoms. The molecular weight excluding hydrogens is 400 g/mol. The Bertz CT molecular complexity index is 1140. The SMILES string of the molecule is O=C(Nc1ccc(O)cc1)C1c2ccccc2C(=O)N(Cc2ccccc2)C12CCCC2. The van der Waals surface area contributed by atoms with Crippen molar-refractivity contribution in [3.8, 4) is 5.75 Å². The van der Waals surface area contributed by atoms with E-state index in [2.05, 4.69) is 5.32 Å². The molecule has 1 atom stereocenters. The normalized spacial score (nSPS) is 19.1. The van der Waals surface area contributed by atoms with Gasteiger partial charge >= 0.3 is 0 Å². The van der Waals surface area contributed by atoms with Crippen molar-refractivity contribution in [2.75, 3.05) is 5.32 Å². The second-order valence-corrected chi connectivity index (χ2v) is 8.74. The number of anilines is 1. The zero-order valence-electron chi connectivity index (χ0n) is 17.8. The van der Waals surface area contributed by atoms with E-state index in [1.165, 1.54) is 0 Å². The van der Waals surface area contributed by atoms with Gasteiger partial charge in [0.25, 0.3) is 5.91 Å².